The monoisotopic (exact) mass is 206 g/mol. The molecule has 1 fully saturated rings. The van der Waals surface area contributed by atoms with Gasteiger partial charge in [0.05, 0.1) is 13.2 Å². The first kappa shape index (κ1) is 9.04. The molecule has 0 aliphatic carbocycles. The lowest BCUT2D eigenvalue weighted by molar-refractivity contribution is -0.0338. The van der Waals surface area contributed by atoms with Gasteiger partial charge in [-0.2, -0.15) is 0 Å². The average Bonchev–Trinajstić information content (AvgIpc) is 2.59. The second-order valence-corrected chi connectivity index (χ2v) is 4.34. The first-order chi connectivity index (χ1) is 7.29. The number of rotatable bonds is 0. The third kappa shape index (κ3) is 1.38. The molecule has 2 heterocycles. The minimum Gasteiger partial charge on any atom is -0.504 e. The van der Waals surface area contributed by atoms with Crippen LogP contribution >= 0.6 is 0 Å². The smallest absolute Gasteiger partial charge is 0.165 e. The molecule has 0 saturated carbocycles. The Hall–Kier alpha value is -1.22. The number of fused-ring (bicyclic) bond motifs is 1. The van der Waals surface area contributed by atoms with Crippen LogP contribution in [0.3, 0.4) is 0 Å². The molecule has 1 saturated heterocycles. The van der Waals surface area contributed by atoms with E-state index in [1.54, 1.807) is 6.07 Å². The van der Waals surface area contributed by atoms with Crippen molar-refractivity contribution in [2.75, 3.05) is 13.2 Å². The molecule has 0 atom stereocenters. The Morgan fingerprint density at radius 3 is 2.73 bits per heavy atom. The number of phenols is 1. The van der Waals surface area contributed by atoms with Crippen LogP contribution in [-0.4, -0.2) is 23.9 Å². The maximum Gasteiger partial charge on any atom is 0.165 e. The van der Waals surface area contributed by atoms with Crippen LogP contribution in [0.2, 0.25) is 0 Å². The van der Waals surface area contributed by atoms with Crippen molar-refractivity contribution >= 4 is 0 Å². The third-order valence-corrected chi connectivity index (χ3v) is 3.31. The van der Waals surface area contributed by atoms with Crippen molar-refractivity contribution in [3.63, 3.8) is 0 Å². The van der Waals surface area contributed by atoms with Crippen molar-refractivity contribution < 1.29 is 14.6 Å². The van der Waals surface area contributed by atoms with E-state index in [1.807, 2.05) is 12.1 Å². The van der Waals surface area contributed by atoms with Crippen LogP contribution in [0.15, 0.2) is 18.2 Å². The summed E-state index contributed by atoms with van der Waals surface area (Å²) in [4.78, 5) is 0. The number of para-hydroxylation sites is 1. The molecule has 1 spiro atoms. The highest BCUT2D eigenvalue weighted by Gasteiger charge is 2.41. The van der Waals surface area contributed by atoms with Crippen LogP contribution < -0.4 is 4.74 Å². The van der Waals surface area contributed by atoms with E-state index in [0.717, 1.165) is 38.0 Å². The van der Waals surface area contributed by atoms with Gasteiger partial charge in [-0.15, -0.1) is 0 Å². The Morgan fingerprint density at radius 1 is 1.20 bits per heavy atom. The first-order valence-electron chi connectivity index (χ1n) is 5.37. The van der Waals surface area contributed by atoms with E-state index >= 15 is 0 Å². The van der Waals surface area contributed by atoms with Gasteiger partial charge >= 0.3 is 0 Å². The van der Waals surface area contributed by atoms with Crippen molar-refractivity contribution in [2.24, 2.45) is 0 Å². The largest absolute Gasteiger partial charge is 0.504 e. The van der Waals surface area contributed by atoms with E-state index in [4.69, 9.17) is 9.47 Å². The average molecular weight is 206 g/mol. The summed E-state index contributed by atoms with van der Waals surface area (Å²) in [6.45, 7) is 1.52. The zero-order chi connectivity index (χ0) is 10.3. The van der Waals surface area contributed by atoms with E-state index < -0.39 is 0 Å². The predicted molar refractivity (Wildman–Crippen MR) is 55.2 cm³/mol. The molecule has 15 heavy (non-hydrogen) atoms. The molecule has 1 N–H and O–H groups in total. The molecular formula is C12H14O3. The lowest BCUT2D eigenvalue weighted by Crippen LogP contribution is -2.40. The highest BCUT2D eigenvalue weighted by molar-refractivity contribution is 5.49. The van der Waals surface area contributed by atoms with Crippen molar-refractivity contribution in [3.8, 4) is 11.5 Å². The van der Waals surface area contributed by atoms with Crippen LogP contribution in [-0.2, 0) is 11.2 Å². The van der Waals surface area contributed by atoms with E-state index in [-0.39, 0.29) is 11.4 Å². The van der Waals surface area contributed by atoms with Gasteiger partial charge in [-0.1, -0.05) is 12.1 Å². The van der Waals surface area contributed by atoms with Gasteiger partial charge in [0, 0.05) is 24.8 Å². The van der Waals surface area contributed by atoms with Crippen LogP contribution in [0, 0.1) is 0 Å². The molecule has 1 aromatic carbocycles. The first-order valence-corrected chi connectivity index (χ1v) is 5.37. The number of aromatic hydroxyl groups is 1. The van der Waals surface area contributed by atoms with Crippen LogP contribution in [0.1, 0.15) is 18.4 Å². The summed E-state index contributed by atoms with van der Waals surface area (Å²) in [5, 5.41) is 9.69. The standard InChI is InChI=1S/C12H14O3/c13-10-3-1-2-9-8-12(15-11(9)10)4-6-14-7-5-12/h1-3,13H,4-8H2. The van der Waals surface area contributed by atoms with Crippen LogP contribution in [0.5, 0.6) is 11.5 Å². The fourth-order valence-corrected chi connectivity index (χ4v) is 2.45. The van der Waals surface area contributed by atoms with Gasteiger partial charge in [0.1, 0.15) is 5.60 Å². The second-order valence-electron chi connectivity index (χ2n) is 4.34. The summed E-state index contributed by atoms with van der Waals surface area (Å²) in [5.74, 6) is 0.940. The highest BCUT2D eigenvalue weighted by Crippen LogP contribution is 2.44. The lowest BCUT2D eigenvalue weighted by Gasteiger charge is -2.32. The molecule has 3 heteroatoms. The third-order valence-electron chi connectivity index (χ3n) is 3.31. The topological polar surface area (TPSA) is 38.7 Å². The van der Waals surface area contributed by atoms with E-state index in [0.29, 0.717) is 5.75 Å². The molecule has 0 unspecified atom stereocenters. The maximum absolute atomic E-state index is 9.69. The molecule has 0 amide bonds. The molecule has 2 aliphatic heterocycles. The SMILES string of the molecule is Oc1cccc2c1OC1(CCOCC1)C2. The summed E-state index contributed by atoms with van der Waals surface area (Å²) in [6, 6.07) is 5.58. The molecule has 3 rings (SSSR count). The summed E-state index contributed by atoms with van der Waals surface area (Å²) in [5.41, 5.74) is 1.01. The molecule has 2 aliphatic rings. The number of hydrogen-bond acceptors (Lipinski definition) is 3. The zero-order valence-corrected chi connectivity index (χ0v) is 8.53. The minimum atomic E-state index is -0.112. The second kappa shape index (κ2) is 3.14. The van der Waals surface area contributed by atoms with Gasteiger partial charge in [0.2, 0.25) is 0 Å². The Balaban J connectivity index is 1.94. The predicted octanol–water partition coefficient (Wildman–Crippen LogP) is 1.88. The zero-order valence-electron chi connectivity index (χ0n) is 8.53. The van der Waals surface area contributed by atoms with E-state index in [2.05, 4.69) is 0 Å². The van der Waals surface area contributed by atoms with Crippen molar-refractivity contribution in [1.29, 1.82) is 0 Å². The Bertz CT molecular complexity index is 380. The number of hydrogen-bond donors (Lipinski definition) is 1. The number of benzene rings is 1. The van der Waals surface area contributed by atoms with Gasteiger partial charge in [-0.25, -0.2) is 0 Å². The Labute approximate surface area is 88.6 Å². The fourth-order valence-electron chi connectivity index (χ4n) is 2.45. The van der Waals surface area contributed by atoms with Crippen LogP contribution in [0.4, 0.5) is 0 Å². The molecule has 80 valence electrons. The van der Waals surface area contributed by atoms with Gasteiger partial charge in [0.15, 0.2) is 11.5 Å². The van der Waals surface area contributed by atoms with E-state index in [9.17, 15) is 5.11 Å². The molecular weight excluding hydrogens is 192 g/mol. The minimum absolute atomic E-state index is 0.112. The summed E-state index contributed by atoms with van der Waals surface area (Å²) < 4.78 is 11.3. The summed E-state index contributed by atoms with van der Waals surface area (Å²) in [7, 11) is 0. The van der Waals surface area contributed by atoms with Gasteiger partial charge in [-0.3, -0.25) is 0 Å². The molecule has 0 radical (unpaired) electrons. The van der Waals surface area contributed by atoms with Crippen molar-refractivity contribution in [2.45, 2.75) is 24.9 Å². The molecule has 3 nitrogen and oxygen atoms in total. The summed E-state index contributed by atoms with van der Waals surface area (Å²) >= 11 is 0. The van der Waals surface area contributed by atoms with E-state index in [1.165, 1.54) is 0 Å². The van der Waals surface area contributed by atoms with Gasteiger partial charge in [0.25, 0.3) is 0 Å². The van der Waals surface area contributed by atoms with Gasteiger partial charge in [-0.05, 0) is 6.07 Å². The quantitative estimate of drug-likeness (QED) is 0.704. The van der Waals surface area contributed by atoms with Crippen molar-refractivity contribution in [3.05, 3.63) is 23.8 Å². The number of phenolic OH excluding ortho intramolecular Hbond substituents is 1. The molecule has 0 aromatic heterocycles. The lowest BCUT2D eigenvalue weighted by atomic mass is 9.89. The van der Waals surface area contributed by atoms with Crippen LogP contribution in [0.25, 0.3) is 0 Å². The highest BCUT2D eigenvalue weighted by atomic mass is 16.5. The summed E-state index contributed by atoms with van der Waals surface area (Å²) in [6.07, 6.45) is 2.74. The van der Waals surface area contributed by atoms with Crippen molar-refractivity contribution in [1.82, 2.24) is 0 Å². The number of ether oxygens (including phenoxy) is 2. The molecule has 1 aromatic rings. The molecule has 0 bridgehead atoms. The maximum atomic E-state index is 9.69. The Morgan fingerprint density at radius 2 is 2.00 bits per heavy atom. The van der Waals surface area contributed by atoms with Gasteiger partial charge < -0.3 is 14.6 Å². The Kier molecular flexibility index (Phi) is 1.89. The normalized spacial score (nSPS) is 22.4. The fraction of sp³-hybridized carbons (Fsp3) is 0.500.